The molecule has 0 spiro atoms. The Labute approximate surface area is 193 Å². The van der Waals surface area contributed by atoms with Gasteiger partial charge in [0.25, 0.3) is 0 Å². The Morgan fingerprint density at radius 3 is 2.59 bits per heavy atom. The van der Waals surface area contributed by atoms with Gasteiger partial charge >= 0.3 is 5.97 Å². The van der Waals surface area contributed by atoms with E-state index in [1.54, 1.807) is 6.08 Å². The Morgan fingerprint density at radius 1 is 1.03 bits per heavy atom. The highest BCUT2D eigenvalue weighted by Crippen LogP contribution is 2.70. The Bertz CT molecular complexity index is 807. The van der Waals surface area contributed by atoms with Gasteiger partial charge in [0, 0.05) is 43.7 Å². The number of rotatable bonds is 2. The molecule has 5 nitrogen and oxygen atoms in total. The molecule has 8 atom stereocenters. The average Bonchev–Trinajstić information content (AvgIpc) is 3.34. The minimum absolute atomic E-state index is 0.116. The van der Waals surface area contributed by atoms with Crippen LogP contribution in [0.5, 0.6) is 0 Å². The molecule has 6 aliphatic rings. The molecule has 4 saturated carbocycles. The number of aliphatic hydroxyl groups is 1. The van der Waals surface area contributed by atoms with E-state index in [4.69, 9.17) is 4.74 Å². The molecule has 0 amide bonds. The average molecular weight is 443 g/mol. The number of esters is 1. The van der Waals surface area contributed by atoms with E-state index in [-0.39, 0.29) is 11.4 Å². The van der Waals surface area contributed by atoms with E-state index in [0.717, 1.165) is 49.9 Å². The summed E-state index contributed by atoms with van der Waals surface area (Å²) in [5.74, 6) is 1.99. The standard InChI is InChI=1S/C27H42N2O3/c1-25-8-5-20(29-13-11-28-12-14-29)16-19(25)3-4-23-22(25)6-9-26(2)21(7-10-27(23,26)31)18-15-24(30)32-17-18/h15,19-23,28,31H,3-14,16-17H2,1-2H3/t19-,20?,21-,22+,23-,25+,26-,27+/m1/s1. The molecule has 1 unspecified atom stereocenters. The molecule has 4 aliphatic carbocycles. The summed E-state index contributed by atoms with van der Waals surface area (Å²) in [6.45, 7) is 10.1. The molecule has 0 radical (unpaired) electrons. The van der Waals surface area contributed by atoms with Gasteiger partial charge in [0.15, 0.2) is 0 Å². The summed E-state index contributed by atoms with van der Waals surface area (Å²) in [4.78, 5) is 14.5. The molecule has 32 heavy (non-hydrogen) atoms. The van der Waals surface area contributed by atoms with E-state index in [2.05, 4.69) is 24.1 Å². The summed E-state index contributed by atoms with van der Waals surface area (Å²) in [6.07, 6.45) is 12.5. The van der Waals surface area contributed by atoms with Gasteiger partial charge in [-0.05, 0) is 92.4 Å². The number of cyclic esters (lactones) is 1. The van der Waals surface area contributed by atoms with Crippen LogP contribution in [-0.4, -0.2) is 60.4 Å². The second-order valence-electron chi connectivity index (χ2n) is 12.5. The van der Waals surface area contributed by atoms with E-state index in [1.807, 2.05) is 0 Å². The normalized spacial score (nSPS) is 51.4. The van der Waals surface area contributed by atoms with Gasteiger partial charge < -0.3 is 15.2 Å². The van der Waals surface area contributed by atoms with Crippen molar-refractivity contribution in [3.63, 3.8) is 0 Å². The summed E-state index contributed by atoms with van der Waals surface area (Å²) in [5, 5.41) is 15.9. The lowest BCUT2D eigenvalue weighted by Crippen LogP contribution is -2.63. The first-order chi connectivity index (χ1) is 15.3. The van der Waals surface area contributed by atoms with E-state index in [1.165, 1.54) is 51.6 Å². The summed E-state index contributed by atoms with van der Waals surface area (Å²) in [7, 11) is 0. The monoisotopic (exact) mass is 442 g/mol. The zero-order valence-electron chi connectivity index (χ0n) is 20.1. The second kappa shape index (κ2) is 7.55. The third-order valence-electron chi connectivity index (χ3n) is 11.6. The van der Waals surface area contributed by atoms with Gasteiger partial charge in [-0.3, -0.25) is 4.90 Å². The molecular formula is C27H42N2O3. The fourth-order valence-corrected chi connectivity index (χ4v) is 9.77. The number of piperazine rings is 1. The Balaban J connectivity index is 1.23. The van der Waals surface area contributed by atoms with Crippen LogP contribution in [-0.2, 0) is 9.53 Å². The molecule has 178 valence electrons. The van der Waals surface area contributed by atoms with Gasteiger partial charge in [-0.1, -0.05) is 13.8 Å². The summed E-state index contributed by atoms with van der Waals surface area (Å²) in [5.41, 5.74) is 0.822. The van der Waals surface area contributed by atoms with Gasteiger partial charge in [0.2, 0.25) is 0 Å². The molecule has 1 saturated heterocycles. The molecular weight excluding hydrogens is 400 g/mol. The second-order valence-corrected chi connectivity index (χ2v) is 12.5. The van der Waals surface area contributed by atoms with Crippen molar-refractivity contribution in [1.82, 2.24) is 10.2 Å². The third-order valence-corrected chi connectivity index (χ3v) is 11.6. The van der Waals surface area contributed by atoms with Crippen molar-refractivity contribution in [2.24, 2.45) is 34.5 Å². The maximum absolute atomic E-state index is 12.4. The topological polar surface area (TPSA) is 61.8 Å². The molecule has 2 N–H and O–H groups in total. The first-order valence-electron chi connectivity index (χ1n) is 13.4. The van der Waals surface area contributed by atoms with Gasteiger partial charge in [-0.15, -0.1) is 0 Å². The number of nitrogens with zero attached hydrogens (tertiary/aromatic N) is 1. The quantitative estimate of drug-likeness (QED) is 0.641. The van der Waals surface area contributed by atoms with Gasteiger partial charge in [0.1, 0.15) is 6.61 Å². The highest BCUT2D eigenvalue weighted by atomic mass is 16.5. The predicted molar refractivity (Wildman–Crippen MR) is 124 cm³/mol. The molecule has 0 aromatic heterocycles. The van der Waals surface area contributed by atoms with Crippen LogP contribution in [0.15, 0.2) is 11.6 Å². The number of hydrogen-bond acceptors (Lipinski definition) is 5. The number of ether oxygens (including phenoxy) is 1. The molecule has 5 heteroatoms. The fourth-order valence-electron chi connectivity index (χ4n) is 9.77. The number of carbonyl (C=O) groups is 1. The predicted octanol–water partition coefficient (Wildman–Crippen LogP) is 3.52. The number of fused-ring (bicyclic) bond motifs is 5. The van der Waals surface area contributed by atoms with Crippen molar-refractivity contribution in [1.29, 1.82) is 0 Å². The largest absolute Gasteiger partial charge is 0.458 e. The molecule has 2 heterocycles. The van der Waals surface area contributed by atoms with Crippen LogP contribution in [0.4, 0.5) is 0 Å². The summed E-state index contributed by atoms with van der Waals surface area (Å²) in [6, 6.07) is 0.770. The highest BCUT2D eigenvalue weighted by Gasteiger charge is 2.67. The molecule has 5 fully saturated rings. The van der Waals surface area contributed by atoms with Crippen LogP contribution in [0.2, 0.25) is 0 Å². The van der Waals surface area contributed by atoms with Crippen molar-refractivity contribution in [2.75, 3.05) is 32.8 Å². The van der Waals surface area contributed by atoms with E-state index in [0.29, 0.717) is 29.8 Å². The molecule has 0 aromatic rings. The van der Waals surface area contributed by atoms with Crippen LogP contribution >= 0.6 is 0 Å². The number of hydrogen-bond donors (Lipinski definition) is 2. The zero-order valence-corrected chi connectivity index (χ0v) is 20.1. The first kappa shape index (κ1) is 21.6. The molecule has 0 bridgehead atoms. The van der Waals surface area contributed by atoms with Gasteiger partial charge in [0.05, 0.1) is 5.60 Å². The van der Waals surface area contributed by atoms with Crippen LogP contribution < -0.4 is 5.32 Å². The van der Waals surface area contributed by atoms with Gasteiger partial charge in [-0.25, -0.2) is 4.79 Å². The zero-order chi connectivity index (χ0) is 22.1. The van der Waals surface area contributed by atoms with Crippen molar-refractivity contribution >= 4 is 5.97 Å². The first-order valence-corrected chi connectivity index (χ1v) is 13.4. The Hall–Kier alpha value is -0.910. The van der Waals surface area contributed by atoms with Crippen LogP contribution in [0, 0.1) is 34.5 Å². The minimum Gasteiger partial charge on any atom is -0.458 e. The molecule has 0 aromatic carbocycles. The van der Waals surface area contributed by atoms with E-state index < -0.39 is 5.60 Å². The van der Waals surface area contributed by atoms with Crippen LogP contribution in [0.25, 0.3) is 0 Å². The third kappa shape index (κ3) is 2.96. The van der Waals surface area contributed by atoms with Crippen molar-refractivity contribution < 1.29 is 14.6 Å². The van der Waals surface area contributed by atoms with Gasteiger partial charge in [-0.2, -0.15) is 0 Å². The fraction of sp³-hybridized carbons (Fsp3) is 0.889. The Kier molecular flexibility index (Phi) is 5.10. The smallest absolute Gasteiger partial charge is 0.331 e. The summed E-state index contributed by atoms with van der Waals surface area (Å²) >= 11 is 0. The maximum Gasteiger partial charge on any atom is 0.331 e. The molecule has 2 aliphatic heterocycles. The minimum atomic E-state index is -0.587. The van der Waals surface area contributed by atoms with E-state index >= 15 is 0 Å². The SMILES string of the molecule is C[C@]12CCC(N3CCNCC3)C[C@H]1CC[C@@H]1[C@@H]2CC[C@]2(C)[C@@H](C3=CC(=O)OC3)CC[C@]12O. The van der Waals surface area contributed by atoms with E-state index in [9.17, 15) is 9.90 Å². The maximum atomic E-state index is 12.4. The van der Waals surface area contributed by atoms with Crippen molar-refractivity contribution in [3.8, 4) is 0 Å². The Morgan fingerprint density at radius 2 is 1.84 bits per heavy atom. The lowest BCUT2D eigenvalue weighted by atomic mass is 9.43. The van der Waals surface area contributed by atoms with Crippen molar-refractivity contribution in [3.05, 3.63) is 11.6 Å². The van der Waals surface area contributed by atoms with Crippen molar-refractivity contribution in [2.45, 2.75) is 83.3 Å². The molecule has 6 rings (SSSR count). The lowest BCUT2D eigenvalue weighted by molar-refractivity contribution is -0.206. The highest BCUT2D eigenvalue weighted by molar-refractivity contribution is 5.85. The van der Waals surface area contributed by atoms with Crippen LogP contribution in [0.1, 0.15) is 71.6 Å². The summed E-state index contributed by atoms with van der Waals surface area (Å²) < 4.78 is 5.27. The number of carbonyl (C=O) groups excluding carboxylic acids is 1. The van der Waals surface area contributed by atoms with Crippen LogP contribution in [0.3, 0.4) is 0 Å². The lowest BCUT2D eigenvalue weighted by Gasteiger charge is -2.64. The number of nitrogens with one attached hydrogen (secondary N) is 1.